The zero-order valence-corrected chi connectivity index (χ0v) is 11.2. The van der Waals surface area contributed by atoms with Crippen LogP contribution in [0.4, 0.5) is 0 Å². The fourth-order valence-electron chi connectivity index (χ4n) is 3.10. The minimum absolute atomic E-state index is 0. The van der Waals surface area contributed by atoms with Gasteiger partial charge in [-0.15, -0.1) is 12.4 Å². The Balaban J connectivity index is 0.00000120. The molecule has 18 heavy (non-hydrogen) atoms. The Bertz CT molecular complexity index is 448. The lowest BCUT2D eigenvalue weighted by Crippen LogP contribution is -2.33. The summed E-state index contributed by atoms with van der Waals surface area (Å²) in [6.07, 6.45) is 2.24. The Morgan fingerprint density at radius 1 is 1.50 bits per heavy atom. The topological polar surface area (TPSA) is 72.4 Å². The van der Waals surface area contributed by atoms with E-state index >= 15 is 0 Å². The molecule has 0 bridgehead atoms. The van der Waals surface area contributed by atoms with Crippen molar-refractivity contribution < 1.29 is 9.32 Å². The number of aromatic nitrogens is 1. The number of fused-ring (bicyclic) bond motifs is 1. The molecule has 0 aromatic carbocycles. The number of likely N-dealkylation sites (tertiary alicyclic amines) is 1. The van der Waals surface area contributed by atoms with Crippen LogP contribution in [-0.2, 0) is 0 Å². The van der Waals surface area contributed by atoms with E-state index in [0.29, 0.717) is 23.3 Å². The van der Waals surface area contributed by atoms with Gasteiger partial charge in [-0.05, 0) is 31.6 Å². The smallest absolute Gasteiger partial charge is 0.276 e. The zero-order valence-electron chi connectivity index (χ0n) is 10.3. The van der Waals surface area contributed by atoms with Crippen LogP contribution in [0.1, 0.15) is 29.1 Å². The molecule has 3 unspecified atom stereocenters. The molecule has 3 rings (SSSR count). The van der Waals surface area contributed by atoms with E-state index in [1.165, 1.54) is 0 Å². The maximum absolute atomic E-state index is 12.2. The lowest BCUT2D eigenvalue weighted by Gasteiger charge is -2.17. The number of hydrogen-bond acceptors (Lipinski definition) is 4. The molecule has 2 N–H and O–H groups in total. The fraction of sp³-hybridized carbons (Fsp3) is 0.667. The Labute approximate surface area is 112 Å². The third-order valence-electron chi connectivity index (χ3n) is 4.05. The average Bonchev–Trinajstić information content (AvgIpc) is 2.96. The largest absolute Gasteiger partial charge is 0.361 e. The highest BCUT2D eigenvalue weighted by Gasteiger charge is 2.42. The second-order valence-electron chi connectivity index (χ2n) is 5.20. The van der Waals surface area contributed by atoms with E-state index in [1.54, 1.807) is 13.0 Å². The van der Waals surface area contributed by atoms with Crippen molar-refractivity contribution >= 4 is 18.3 Å². The SMILES string of the molecule is Cc1cc(C(=O)N2CC3CCC(N)C3C2)no1.Cl. The van der Waals surface area contributed by atoms with Gasteiger partial charge in [0.1, 0.15) is 5.76 Å². The van der Waals surface area contributed by atoms with Gasteiger partial charge < -0.3 is 15.2 Å². The normalized spacial score (nSPS) is 30.1. The Morgan fingerprint density at radius 3 is 2.89 bits per heavy atom. The van der Waals surface area contributed by atoms with E-state index < -0.39 is 0 Å². The van der Waals surface area contributed by atoms with Crippen molar-refractivity contribution in [2.24, 2.45) is 17.6 Å². The first-order valence-electron chi connectivity index (χ1n) is 6.13. The van der Waals surface area contributed by atoms with Gasteiger partial charge in [-0.25, -0.2) is 0 Å². The summed E-state index contributed by atoms with van der Waals surface area (Å²) < 4.78 is 4.94. The molecular weight excluding hydrogens is 254 g/mol. The summed E-state index contributed by atoms with van der Waals surface area (Å²) in [6, 6.07) is 1.95. The molecule has 5 nitrogen and oxygen atoms in total. The number of nitrogens with zero attached hydrogens (tertiary/aromatic N) is 2. The van der Waals surface area contributed by atoms with Gasteiger partial charge in [0.2, 0.25) is 0 Å². The van der Waals surface area contributed by atoms with E-state index in [1.807, 2.05) is 4.90 Å². The number of nitrogens with two attached hydrogens (primary N) is 1. The Kier molecular flexibility index (Phi) is 3.64. The van der Waals surface area contributed by atoms with Gasteiger partial charge in [0.25, 0.3) is 5.91 Å². The summed E-state index contributed by atoms with van der Waals surface area (Å²) >= 11 is 0. The summed E-state index contributed by atoms with van der Waals surface area (Å²) in [4.78, 5) is 14.0. The highest BCUT2D eigenvalue weighted by Crippen LogP contribution is 2.37. The summed E-state index contributed by atoms with van der Waals surface area (Å²) in [5, 5.41) is 3.78. The predicted molar refractivity (Wildman–Crippen MR) is 68.6 cm³/mol. The number of carbonyl (C=O) groups is 1. The number of aryl methyl sites for hydroxylation is 1. The highest BCUT2D eigenvalue weighted by atomic mass is 35.5. The Hall–Kier alpha value is -1.07. The molecule has 2 fully saturated rings. The van der Waals surface area contributed by atoms with Crippen LogP contribution in [-0.4, -0.2) is 35.1 Å². The highest BCUT2D eigenvalue weighted by molar-refractivity contribution is 5.92. The van der Waals surface area contributed by atoms with Crippen LogP contribution in [0.3, 0.4) is 0 Å². The van der Waals surface area contributed by atoms with E-state index in [2.05, 4.69) is 5.16 Å². The van der Waals surface area contributed by atoms with Gasteiger partial charge in [-0.3, -0.25) is 4.79 Å². The molecule has 1 aromatic rings. The molecular formula is C12H18ClN3O2. The average molecular weight is 272 g/mol. The van der Waals surface area contributed by atoms with Crippen molar-refractivity contribution in [3.8, 4) is 0 Å². The molecule has 0 radical (unpaired) electrons. The molecule has 3 atom stereocenters. The third-order valence-corrected chi connectivity index (χ3v) is 4.05. The van der Waals surface area contributed by atoms with Gasteiger partial charge >= 0.3 is 0 Å². The van der Waals surface area contributed by atoms with Crippen LogP contribution in [0, 0.1) is 18.8 Å². The first-order valence-corrected chi connectivity index (χ1v) is 6.13. The van der Waals surface area contributed by atoms with Crippen molar-refractivity contribution in [2.45, 2.75) is 25.8 Å². The molecule has 1 aliphatic heterocycles. The van der Waals surface area contributed by atoms with E-state index in [-0.39, 0.29) is 24.4 Å². The molecule has 2 aliphatic rings. The monoisotopic (exact) mass is 271 g/mol. The van der Waals surface area contributed by atoms with Crippen LogP contribution in [0.15, 0.2) is 10.6 Å². The molecule has 100 valence electrons. The van der Waals surface area contributed by atoms with Crippen LogP contribution in [0.25, 0.3) is 0 Å². The molecule has 2 heterocycles. The van der Waals surface area contributed by atoms with Gasteiger partial charge in [0, 0.05) is 25.2 Å². The van der Waals surface area contributed by atoms with E-state index in [0.717, 1.165) is 25.9 Å². The molecule has 1 amide bonds. The number of rotatable bonds is 1. The molecule has 6 heteroatoms. The van der Waals surface area contributed by atoms with Gasteiger partial charge in [0.05, 0.1) is 0 Å². The lowest BCUT2D eigenvalue weighted by atomic mass is 9.98. The maximum atomic E-state index is 12.2. The number of halogens is 1. The predicted octanol–water partition coefficient (Wildman–Crippen LogP) is 1.21. The van der Waals surface area contributed by atoms with Crippen molar-refractivity contribution in [2.75, 3.05) is 13.1 Å². The van der Waals surface area contributed by atoms with Crippen LogP contribution in [0.2, 0.25) is 0 Å². The molecule has 0 spiro atoms. The van der Waals surface area contributed by atoms with Crippen LogP contribution < -0.4 is 5.73 Å². The zero-order chi connectivity index (χ0) is 12.0. The van der Waals surface area contributed by atoms with Gasteiger partial charge in [0.15, 0.2) is 5.69 Å². The van der Waals surface area contributed by atoms with Gasteiger partial charge in [-0.2, -0.15) is 0 Å². The second-order valence-corrected chi connectivity index (χ2v) is 5.20. The number of carbonyl (C=O) groups excluding carboxylic acids is 1. The lowest BCUT2D eigenvalue weighted by molar-refractivity contribution is 0.0769. The van der Waals surface area contributed by atoms with Crippen molar-refractivity contribution in [1.82, 2.24) is 10.1 Å². The standard InChI is InChI=1S/C12H17N3O2.ClH/c1-7-4-11(14-17-7)12(16)15-5-8-2-3-10(13)9(8)6-15;/h4,8-10H,2-3,5-6,13H2,1H3;1H. The summed E-state index contributed by atoms with van der Waals surface area (Å²) in [6.45, 7) is 3.39. The summed E-state index contributed by atoms with van der Waals surface area (Å²) in [5.41, 5.74) is 6.47. The van der Waals surface area contributed by atoms with Crippen LogP contribution in [0.5, 0.6) is 0 Å². The molecule has 1 saturated carbocycles. The molecule has 1 saturated heterocycles. The summed E-state index contributed by atoms with van der Waals surface area (Å²) in [7, 11) is 0. The number of hydrogen-bond donors (Lipinski definition) is 1. The van der Waals surface area contributed by atoms with Crippen molar-refractivity contribution in [3.63, 3.8) is 0 Å². The fourth-order valence-corrected chi connectivity index (χ4v) is 3.10. The van der Waals surface area contributed by atoms with Crippen molar-refractivity contribution in [1.29, 1.82) is 0 Å². The van der Waals surface area contributed by atoms with Crippen LogP contribution >= 0.6 is 12.4 Å². The van der Waals surface area contributed by atoms with Gasteiger partial charge in [-0.1, -0.05) is 5.16 Å². The first kappa shape index (κ1) is 13.4. The van der Waals surface area contributed by atoms with E-state index in [9.17, 15) is 4.79 Å². The second kappa shape index (κ2) is 4.90. The minimum atomic E-state index is -0.0246. The summed E-state index contributed by atoms with van der Waals surface area (Å²) in [5.74, 6) is 1.71. The first-order chi connectivity index (χ1) is 8.15. The number of amides is 1. The van der Waals surface area contributed by atoms with E-state index in [4.69, 9.17) is 10.3 Å². The quantitative estimate of drug-likeness (QED) is 0.833. The Morgan fingerprint density at radius 2 is 2.28 bits per heavy atom. The third kappa shape index (κ3) is 2.12. The molecule has 1 aliphatic carbocycles. The maximum Gasteiger partial charge on any atom is 0.276 e. The molecule has 1 aromatic heterocycles. The minimum Gasteiger partial charge on any atom is -0.361 e. The van der Waals surface area contributed by atoms with Crippen molar-refractivity contribution in [3.05, 3.63) is 17.5 Å².